The molecule has 0 aromatic heterocycles. The van der Waals surface area contributed by atoms with Crippen LogP contribution in [0.4, 0.5) is 0 Å². The van der Waals surface area contributed by atoms with Crippen LogP contribution >= 0.6 is 0 Å². The molecule has 0 aromatic carbocycles. The van der Waals surface area contributed by atoms with E-state index in [4.69, 9.17) is 0 Å². The summed E-state index contributed by atoms with van der Waals surface area (Å²) in [6, 6.07) is 2.57. The number of piperidine rings is 1. The van der Waals surface area contributed by atoms with E-state index in [-0.39, 0.29) is 0 Å². The van der Waals surface area contributed by atoms with Gasteiger partial charge in [-0.25, -0.2) is 0 Å². The lowest BCUT2D eigenvalue weighted by atomic mass is 9.78. The number of hydrogen-bond acceptors (Lipinski definition) is 2. The molecule has 2 nitrogen and oxygen atoms in total. The monoisotopic (exact) mass is 236 g/mol. The van der Waals surface area contributed by atoms with Gasteiger partial charge < -0.3 is 5.32 Å². The molecule has 3 rings (SSSR count). The molecule has 1 aliphatic heterocycles. The van der Waals surface area contributed by atoms with Crippen molar-refractivity contribution in [1.29, 1.82) is 0 Å². The average Bonchev–Trinajstić information content (AvgIpc) is 3.10. The number of nitrogens with one attached hydrogen (secondary N) is 1. The molecule has 4 atom stereocenters. The van der Waals surface area contributed by atoms with E-state index >= 15 is 0 Å². The molecule has 98 valence electrons. The zero-order chi connectivity index (χ0) is 11.8. The average molecular weight is 236 g/mol. The first-order valence-electron chi connectivity index (χ1n) is 7.76. The first kappa shape index (κ1) is 12.0. The molecule has 4 unspecified atom stereocenters. The Morgan fingerprint density at radius 1 is 1.06 bits per heavy atom. The van der Waals surface area contributed by atoms with Gasteiger partial charge in [-0.15, -0.1) is 0 Å². The Labute approximate surface area is 106 Å². The summed E-state index contributed by atoms with van der Waals surface area (Å²) in [5, 5.41) is 3.86. The van der Waals surface area contributed by atoms with Crippen LogP contribution in [0.5, 0.6) is 0 Å². The highest BCUT2D eigenvalue weighted by molar-refractivity contribution is 4.95. The van der Waals surface area contributed by atoms with Gasteiger partial charge in [0, 0.05) is 31.2 Å². The lowest BCUT2D eigenvalue weighted by Gasteiger charge is -2.48. The molecule has 0 aromatic rings. The molecule has 0 radical (unpaired) electrons. The Hall–Kier alpha value is -0.0800. The topological polar surface area (TPSA) is 15.3 Å². The second-order valence-electron chi connectivity index (χ2n) is 6.72. The van der Waals surface area contributed by atoms with Gasteiger partial charge in [0.1, 0.15) is 0 Å². The standard InChI is InChI=1S/C15H28N2/c1-3-12-8-14(16-13-5-6-13)10-17(9-12)15-7-4-11(15)2/h11-16H,3-10H2,1-2H3. The summed E-state index contributed by atoms with van der Waals surface area (Å²) in [6.07, 6.45) is 8.54. The van der Waals surface area contributed by atoms with Crippen LogP contribution in [0.2, 0.25) is 0 Å². The maximum Gasteiger partial charge on any atom is 0.0200 e. The third-order valence-electron chi connectivity index (χ3n) is 5.24. The fraction of sp³-hybridized carbons (Fsp3) is 1.00. The third kappa shape index (κ3) is 2.68. The number of rotatable bonds is 4. The largest absolute Gasteiger partial charge is 0.310 e. The number of nitrogens with zero attached hydrogens (tertiary/aromatic N) is 1. The van der Waals surface area contributed by atoms with Crippen LogP contribution in [0.3, 0.4) is 0 Å². The zero-order valence-corrected chi connectivity index (χ0v) is 11.5. The molecule has 2 heteroatoms. The van der Waals surface area contributed by atoms with Gasteiger partial charge in [0.25, 0.3) is 0 Å². The molecule has 0 bridgehead atoms. The van der Waals surface area contributed by atoms with Crippen LogP contribution < -0.4 is 5.32 Å². The molecule has 1 heterocycles. The maximum absolute atomic E-state index is 3.86. The fourth-order valence-corrected chi connectivity index (χ4v) is 3.70. The summed E-state index contributed by atoms with van der Waals surface area (Å²) in [5.41, 5.74) is 0. The van der Waals surface area contributed by atoms with Crippen LogP contribution in [0.1, 0.15) is 52.4 Å². The number of hydrogen-bond donors (Lipinski definition) is 1. The molecule has 1 saturated heterocycles. The van der Waals surface area contributed by atoms with Crippen molar-refractivity contribution >= 4 is 0 Å². The molecular formula is C15H28N2. The van der Waals surface area contributed by atoms with Crippen molar-refractivity contribution in [3.8, 4) is 0 Å². The van der Waals surface area contributed by atoms with Crippen molar-refractivity contribution < 1.29 is 0 Å². The normalized spacial score (nSPS) is 43.4. The van der Waals surface area contributed by atoms with Crippen LogP contribution in [-0.2, 0) is 0 Å². The van der Waals surface area contributed by atoms with E-state index in [1.54, 1.807) is 0 Å². The molecular weight excluding hydrogens is 208 g/mol. The summed E-state index contributed by atoms with van der Waals surface area (Å²) in [5.74, 6) is 1.89. The van der Waals surface area contributed by atoms with Gasteiger partial charge in [-0.3, -0.25) is 4.90 Å². The molecule has 3 aliphatic rings. The highest BCUT2D eigenvalue weighted by atomic mass is 15.2. The van der Waals surface area contributed by atoms with Crippen molar-refractivity contribution in [2.24, 2.45) is 11.8 Å². The minimum absolute atomic E-state index is 0.786. The summed E-state index contributed by atoms with van der Waals surface area (Å²) in [7, 11) is 0. The minimum Gasteiger partial charge on any atom is -0.310 e. The van der Waals surface area contributed by atoms with Gasteiger partial charge in [0.2, 0.25) is 0 Å². The van der Waals surface area contributed by atoms with Gasteiger partial charge >= 0.3 is 0 Å². The van der Waals surface area contributed by atoms with E-state index in [1.807, 2.05) is 0 Å². The van der Waals surface area contributed by atoms with Crippen molar-refractivity contribution in [2.75, 3.05) is 13.1 Å². The highest BCUT2D eigenvalue weighted by Crippen LogP contribution is 2.35. The Bertz CT molecular complexity index is 262. The van der Waals surface area contributed by atoms with Gasteiger partial charge in [0.05, 0.1) is 0 Å². The second-order valence-corrected chi connectivity index (χ2v) is 6.72. The summed E-state index contributed by atoms with van der Waals surface area (Å²) < 4.78 is 0. The van der Waals surface area contributed by atoms with Crippen molar-refractivity contribution in [1.82, 2.24) is 10.2 Å². The van der Waals surface area contributed by atoms with Crippen molar-refractivity contribution in [3.63, 3.8) is 0 Å². The lowest BCUT2D eigenvalue weighted by Crippen LogP contribution is -2.56. The minimum atomic E-state index is 0.786. The number of likely N-dealkylation sites (tertiary alicyclic amines) is 1. The Kier molecular flexibility index (Phi) is 3.45. The molecule has 2 saturated carbocycles. The van der Waals surface area contributed by atoms with E-state index in [9.17, 15) is 0 Å². The molecule has 0 amide bonds. The summed E-state index contributed by atoms with van der Waals surface area (Å²) in [4.78, 5) is 2.81. The van der Waals surface area contributed by atoms with Crippen LogP contribution in [-0.4, -0.2) is 36.1 Å². The Morgan fingerprint density at radius 3 is 2.41 bits per heavy atom. The van der Waals surface area contributed by atoms with Gasteiger partial charge in [-0.1, -0.05) is 20.3 Å². The molecule has 2 aliphatic carbocycles. The van der Waals surface area contributed by atoms with Crippen molar-refractivity contribution in [2.45, 2.75) is 70.5 Å². The highest BCUT2D eigenvalue weighted by Gasteiger charge is 2.38. The van der Waals surface area contributed by atoms with E-state index in [1.165, 1.54) is 51.6 Å². The smallest absolute Gasteiger partial charge is 0.0200 e. The Balaban J connectivity index is 1.58. The second kappa shape index (κ2) is 4.89. The molecule has 3 fully saturated rings. The van der Waals surface area contributed by atoms with Gasteiger partial charge in [0.15, 0.2) is 0 Å². The van der Waals surface area contributed by atoms with E-state index in [0.29, 0.717) is 0 Å². The molecule has 0 spiro atoms. The predicted octanol–water partition coefficient (Wildman–Crippen LogP) is 2.64. The zero-order valence-electron chi connectivity index (χ0n) is 11.5. The van der Waals surface area contributed by atoms with E-state index < -0.39 is 0 Å². The predicted molar refractivity (Wildman–Crippen MR) is 72.1 cm³/mol. The summed E-state index contributed by atoms with van der Waals surface area (Å²) in [6.45, 7) is 7.50. The lowest BCUT2D eigenvalue weighted by molar-refractivity contribution is 0.0218. The van der Waals surface area contributed by atoms with Crippen LogP contribution in [0.25, 0.3) is 0 Å². The molecule has 1 N–H and O–H groups in total. The third-order valence-corrected chi connectivity index (χ3v) is 5.24. The first-order chi connectivity index (χ1) is 8.26. The first-order valence-corrected chi connectivity index (χ1v) is 7.76. The quantitative estimate of drug-likeness (QED) is 0.807. The molecule has 17 heavy (non-hydrogen) atoms. The van der Waals surface area contributed by atoms with Gasteiger partial charge in [-0.05, 0) is 43.9 Å². The van der Waals surface area contributed by atoms with Crippen LogP contribution in [0, 0.1) is 11.8 Å². The summed E-state index contributed by atoms with van der Waals surface area (Å²) >= 11 is 0. The van der Waals surface area contributed by atoms with Crippen LogP contribution in [0.15, 0.2) is 0 Å². The van der Waals surface area contributed by atoms with E-state index in [2.05, 4.69) is 24.1 Å². The fourth-order valence-electron chi connectivity index (χ4n) is 3.70. The SMILES string of the molecule is CCC1CC(NC2CC2)CN(C2CCC2C)C1. The van der Waals surface area contributed by atoms with Crippen molar-refractivity contribution in [3.05, 3.63) is 0 Å². The Morgan fingerprint density at radius 2 is 1.88 bits per heavy atom. The maximum atomic E-state index is 3.86. The van der Waals surface area contributed by atoms with E-state index in [0.717, 1.165) is 30.0 Å². The van der Waals surface area contributed by atoms with Gasteiger partial charge in [-0.2, -0.15) is 0 Å².